The van der Waals surface area contributed by atoms with Gasteiger partial charge in [0.25, 0.3) is 0 Å². The molecule has 0 aromatic heterocycles. The molecule has 1 aromatic rings. The van der Waals surface area contributed by atoms with Crippen LogP contribution in [0, 0.1) is 0 Å². The fourth-order valence-corrected chi connectivity index (χ4v) is 3.08. The molecule has 0 spiro atoms. The first-order chi connectivity index (χ1) is 8.63. The first-order valence-electron chi connectivity index (χ1n) is 5.88. The minimum Gasteiger partial charge on any atom is -0.506 e. The average Bonchev–Trinajstić information content (AvgIpc) is 2.37. The van der Waals surface area contributed by atoms with Gasteiger partial charge in [0.2, 0.25) is 0 Å². The van der Waals surface area contributed by atoms with Gasteiger partial charge in [0.15, 0.2) is 0 Å². The van der Waals surface area contributed by atoms with Crippen molar-refractivity contribution in [2.45, 2.75) is 6.04 Å². The minimum atomic E-state index is -0.0119. The number of aromatic hydroxyl groups is 1. The second-order valence-corrected chi connectivity index (χ2v) is 5.61. The Balaban J connectivity index is 0.00000180. The van der Waals surface area contributed by atoms with Gasteiger partial charge in [-0.15, -0.1) is 31.4 Å². The van der Waals surface area contributed by atoms with Crippen LogP contribution in [0.5, 0.6) is 5.75 Å². The number of halogens is 4. The number of nitrogens with zero attached hydrogens (tertiary/aromatic N) is 1. The molecule has 2 rings (SSSR count). The lowest BCUT2D eigenvalue weighted by atomic mass is 10.0. The van der Waals surface area contributed by atoms with Crippen LogP contribution in [0.3, 0.4) is 0 Å². The molecule has 1 aliphatic heterocycles. The molecule has 1 heterocycles. The van der Waals surface area contributed by atoms with Crippen molar-refractivity contribution in [3.8, 4) is 5.75 Å². The zero-order valence-corrected chi connectivity index (χ0v) is 14.8. The van der Waals surface area contributed by atoms with Crippen LogP contribution < -0.4 is 5.32 Å². The summed E-state index contributed by atoms with van der Waals surface area (Å²) in [5.41, 5.74) is 0.797. The number of hydrogen-bond acceptors (Lipinski definition) is 3. The Labute approximate surface area is 145 Å². The topological polar surface area (TPSA) is 35.5 Å². The minimum absolute atomic E-state index is 0. The van der Waals surface area contributed by atoms with Crippen molar-refractivity contribution in [1.29, 1.82) is 0 Å². The Kier molecular flexibility index (Phi) is 9.14. The molecular weight excluding hydrogens is 386 g/mol. The molecule has 0 bridgehead atoms. The number of phenolic OH excluding ortho intramolecular Hbond substituents is 1. The lowest BCUT2D eigenvalue weighted by molar-refractivity contribution is 0.201. The van der Waals surface area contributed by atoms with Crippen LogP contribution in [0.15, 0.2) is 29.3 Å². The number of benzene rings is 1. The molecule has 1 aliphatic rings. The van der Waals surface area contributed by atoms with E-state index in [9.17, 15) is 5.11 Å². The van der Waals surface area contributed by atoms with Gasteiger partial charge in [-0.2, -0.15) is 0 Å². The van der Waals surface area contributed by atoms with E-state index in [-0.39, 0.29) is 36.6 Å². The molecular formula is C13H18BrCl3N2O. The summed E-state index contributed by atoms with van der Waals surface area (Å²) < 4.78 is 0.863. The summed E-state index contributed by atoms with van der Waals surface area (Å²) >= 11 is 9.42. The summed E-state index contributed by atoms with van der Waals surface area (Å²) in [4.78, 5) is 2.28. The van der Waals surface area contributed by atoms with Crippen LogP contribution in [0.4, 0.5) is 0 Å². The van der Waals surface area contributed by atoms with Gasteiger partial charge in [-0.25, -0.2) is 0 Å². The quantitative estimate of drug-likeness (QED) is 0.753. The van der Waals surface area contributed by atoms with Crippen molar-refractivity contribution in [3.63, 3.8) is 0 Å². The molecule has 0 aliphatic carbocycles. The highest BCUT2D eigenvalue weighted by Gasteiger charge is 2.23. The number of nitrogens with one attached hydrogen (secondary N) is 1. The highest BCUT2D eigenvalue weighted by atomic mass is 79.9. The monoisotopic (exact) mass is 402 g/mol. The van der Waals surface area contributed by atoms with Gasteiger partial charge in [-0.05, 0) is 12.1 Å². The summed E-state index contributed by atoms with van der Waals surface area (Å²) in [6.45, 7) is 7.65. The molecule has 2 N–H and O–H groups in total. The van der Waals surface area contributed by atoms with E-state index in [4.69, 9.17) is 11.6 Å². The first-order valence-corrected chi connectivity index (χ1v) is 7.06. The van der Waals surface area contributed by atoms with Gasteiger partial charge in [0.05, 0.1) is 11.1 Å². The molecule has 0 amide bonds. The van der Waals surface area contributed by atoms with Gasteiger partial charge >= 0.3 is 0 Å². The van der Waals surface area contributed by atoms with Gasteiger partial charge in [0, 0.05) is 36.2 Å². The normalized spacial score (nSPS) is 16.7. The Morgan fingerprint density at radius 2 is 1.95 bits per heavy atom. The van der Waals surface area contributed by atoms with Crippen LogP contribution in [-0.4, -0.2) is 36.2 Å². The van der Waals surface area contributed by atoms with Crippen molar-refractivity contribution in [2.24, 2.45) is 0 Å². The van der Waals surface area contributed by atoms with Crippen LogP contribution in [-0.2, 0) is 0 Å². The summed E-state index contributed by atoms with van der Waals surface area (Å²) in [5, 5.41) is 13.8. The third-order valence-corrected chi connectivity index (χ3v) is 3.89. The molecule has 7 heteroatoms. The lowest BCUT2D eigenvalue weighted by Gasteiger charge is -2.33. The van der Waals surface area contributed by atoms with E-state index in [0.29, 0.717) is 5.02 Å². The maximum atomic E-state index is 10.1. The summed E-state index contributed by atoms with van der Waals surface area (Å²) in [6.07, 6.45) is 1.85. The van der Waals surface area contributed by atoms with Crippen LogP contribution >= 0.6 is 52.3 Å². The standard InChI is InChI=1S/C13H16BrClN2O.2ClH/c1-2-12(17-5-3-16-4-6-17)10-7-9(14)8-11(15)13(10)18;;/h2,7-8,12,16,18H,1,3-6H2;2*1H/t12-;;/m0../s1. The predicted molar refractivity (Wildman–Crippen MR) is 92.7 cm³/mol. The van der Waals surface area contributed by atoms with E-state index >= 15 is 0 Å². The summed E-state index contributed by atoms with van der Waals surface area (Å²) in [5.74, 6) is 0.142. The van der Waals surface area contributed by atoms with Gasteiger partial charge in [0.1, 0.15) is 5.75 Å². The van der Waals surface area contributed by atoms with Gasteiger partial charge in [-0.1, -0.05) is 33.6 Å². The Hall–Kier alpha value is 0.0300. The highest BCUT2D eigenvalue weighted by molar-refractivity contribution is 9.10. The maximum Gasteiger partial charge on any atom is 0.139 e. The van der Waals surface area contributed by atoms with E-state index in [1.54, 1.807) is 6.07 Å². The Morgan fingerprint density at radius 1 is 1.35 bits per heavy atom. The number of rotatable bonds is 3. The Bertz CT molecular complexity index is 453. The van der Waals surface area contributed by atoms with Gasteiger partial charge < -0.3 is 10.4 Å². The fraction of sp³-hybridized carbons (Fsp3) is 0.385. The molecule has 1 atom stereocenters. The molecule has 0 saturated carbocycles. The predicted octanol–water partition coefficient (Wildman–Crippen LogP) is 3.78. The third kappa shape index (κ3) is 4.52. The van der Waals surface area contributed by atoms with Crippen molar-refractivity contribution in [2.75, 3.05) is 26.2 Å². The zero-order valence-electron chi connectivity index (χ0n) is 10.8. The fourth-order valence-electron chi connectivity index (χ4n) is 2.24. The van der Waals surface area contributed by atoms with Crippen LogP contribution in [0.1, 0.15) is 11.6 Å². The Morgan fingerprint density at radius 3 is 2.50 bits per heavy atom. The van der Waals surface area contributed by atoms with Gasteiger partial charge in [-0.3, -0.25) is 4.90 Å². The average molecular weight is 405 g/mol. The second kappa shape index (κ2) is 9.13. The zero-order chi connectivity index (χ0) is 13.1. The number of piperazine rings is 1. The van der Waals surface area contributed by atoms with Crippen molar-refractivity contribution < 1.29 is 5.11 Å². The van der Waals surface area contributed by atoms with Crippen molar-refractivity contribution in [3.05, 3.63) is 39.8 Å². The summed E-state index contributed by atoms with van der Waals surface area (Å²) in [7, 11) is 0. The first kappa shape index (κ1) is 20.0. The van der Waals surface area contributed by atoms with E-state index in [0.717, 1.165) is 36.2 Å². The van der Waals surface area contributed by atoms with E-state index in [1.165, 1.54) is 0 Å². The second-order valence-electron chi connectivity index (χ2n) is 4.29. The number of phenols is 1. The molecule has 1 fully saturated rings. The lowest BCUT2D eigenvalue weighted by Crippen LogP contribution is -2.44. The molecule has 114 valence electrons. The smallest absolute Gasteiger partial charge is 0.139 e. The molecule has 20 heavy (non-hydrogen) atoms. The third-order valence-electron chi connectivity index (χ3n) is 3.14. The summed E-state index contributed by atoms with van der Waals surface area (Å²) in [6, 6.07) is 3.58. The van der Waals surface area contributed by atoms with E-state index in [2.05, 4.69) is 32.7 Å². The number of hydrogen-bond donors (Lipinski definition) is 2. The SMILES string of the molecule is C=C[C@@H](c1cc(Br)cc(Cl)c1O)N1CCNCC1.Cl.Cl. The molecule has 1 saturated heterocycles. The van der Waals surface area contributed by atoms with E-state index in [1.807, 2.05) is 12.1 Å². The molecule has 0 radical (unpaired) electrons. The molecule has 1 aromatic carbocycles. The van der Waals surface area contributed by atoms with Crippen LogP contribution in [0.25, 0.3) is 0 Å². The van der Waals surface area contributed by atoms with Crippen LogP contribution in [0.2, 0.25) is 5.02 Å². The van der Waals surface area contributed by atoms with Crippen molar-refractivity contribution >= 4 is 52.3 Å². The molecule has 3 nitrogen and oxygen atoms in total. The highest BCUT2D eigenvalue weighted by Crippen LogP contribution is 2.37. The largest absolute Gasteiger partial charge is 0.506 e. The van der Waals surface area contributed by atoms with E-state index < -0.39 is 0 Å². The maximum absolute atomic E-state index is 10.1. The molecule has 0 unspecified atom stereocenters. The van der Waals surface area contributed by atoms with Crippen molar-refractivity contribution in [1.82, 2.24) is 10.2 Å².